The van der Waals surface area contributed by atoms with Gasteiger partial charge in [0, 0.05) is 50.2 Å². The van der Waals surface area contributed by atoms with Crippen LogP contribution in [0.4, 0.5) is 5.82 Å². The molecule has 2 amide bonds. The SMILES string of the molecule is CSCCNC(/C=C/N1CCC(C)(C)c2cc(CCN(C)CCNC=O)c(C=O)nc21)=C(C#N)/C=N\C=O. The summed E-state index contributed by atoms with van der Waals surface area (Å²) in [4.78, 5) is 45.7. The van der Waals surface area contributed by atoms with Crippen LogP contribution >= 0.6 is 11.8 Å². The maximum absolute atomic E-state index is 12.0. The molecule has 0 radical (unpaired) electrons. The van der Waals surface area contributed by atoms with Crippen molar-refractivity contribution in [2.24, 2.45) is 4.99 Å². The second-order valence-corrected chi connectivity index (χ2v) is 10.5. The number of aromatic nitrogens is 1. The van der Waals surface area contributed by atoms with Crippen molar-refractivity contribution in [1.82, 2.24) is 20.5 Å². The Morgan fingerprint density at radius 3 is 2.76 bits per heavy atom. The summed E-state index contributed by atoms with van der Waals surface area (Å²) in [6, 6.07) is 4.19. The van der Waals surface area contributed by atoms with E-state index in [1.807, 2.05) is 24.4 Å². The fourth-order valence-corrected chi connectivity index (χ4v) is 4.37. The number of nitrogens with zero attached hydrogens (tertiary/aromatic N) is 5. The summed E-state index contributed by atoms with van der Waals surface area (Å²) in [6.07, 6.45) is 10.3. The van der Waals surface area contributed by atoms with E-state index in [-0.39, 0.29) is 11.0 Å². The zero-order valence-corrected chi connectivity index (χ0v) is 23.4. The molecule has 38 heavy (non-hydrogen) atoms. The molecule has 0 unspecified atom stereocenters. The summed E-state index contributed by atoms with van der Waals surface area (Å²) in [5.74, 6) is 1.56. The Balaban J connectivity index is 2.39. The Kier molecular flexibility index (Phi) is 12.7. The first-order valence-corrected chi connectivity index (χ1v) is 13.8. The highest BCUT2D eigenvalue weighted by molar-refractivity contribution is 7.98. The predicted octanol–water partition coefficient (Wildman–Crippen LogP) is 2.07. The van der Waals surface area contributed by atoms with Crippen LogP contribution in [0.1, 0.15) is 41.9 Å². The fraction of sp³-hybridized carbons (Fsp3) is 0.481. The van der Waals surface area contributed by atoms with Crippen molar-refractivity contribution in [3.63, 3.8) is 0 Å². The quantitative estimate of drug-likeness (QED) is 0.107. The van der Waals surface area contributed by atoms with Crippen LogP contribution in [0.15, 0.2) is 34.6 Å². The van der Waals surface area contributed by atoms with E-state index in [0.29, 0.717) is 56.8 Å². The van der Waals surface area contributed by atoms with Crippen LogP contribution < -0.4 is 15.5 Å². The zero-order valence-electron chi connectivity index (χ0n) is 22.6. The number of nitrogens with one attached hydrogen (secondary N) is 2. The molecule has 0 saturated carbocycles. The maximum atomic E-state index is 12.0. The number of likely N-dealkylation sites (N-methyl/N-ethyl adjacent to an activating group) is 1. The van der Waals surface area contributed by atoms with Crippen molar-refractivity contribution in [3.05, 3.63) is 46.4 Å². The van der Waals surface area contributed by atoms with Gasteiger partial charge in [-0.05, 0) is 49.3 Å². The molecule has 0 fully saturated rings. The molecule has 0 saturated heterocycles. The number of pyridine rings is 1. The highest BCUT2D eigenvalue weighted by Crippen LogP contribution is 2.39. The first-order valence-electron chi connectivity index (χ1n) is 12.4. The molecule has 0 atom stereocenters. The number of thioether (sulfide) groups is 1. The Hall–Kier alpha value is -3.49. The molecule has 0 aromatic carbocycles. The topological polar surface area (TPSA) is 131 Å². The second kappa shape index (κ2) is 15.7. The summed E-state index contributed by atoms with van der Waals surface area (Å²) in [6.45, 7) is 7.68. The molecule has 1 aromatic heterocycles. The molecule has 11 heteroatoms. The lowest BCUT2D eigenvalue weighted by Gasteiger charge is -2.38. The number of aldehydes is 1. The van der Waals surface area contributed by atoms with Crippen molar-refractivity contribution in [2.75, 3.05) is 56.7 Å². The number of carbonyl (C=O) groups excluding carboxylic acids is 3. The Morgan fingerprint density at radius 1 is 1.32 bits per heavy atom. The van der Waals surface area contributed by atoms with Crippen molar-refractivity contribution < 1.29 is 14.4 Å². The van der Waals surface area contributed by atoms with Crippen LogP contribution in [0, 0.1) is 11.3 Å². The third-order valence-corrected chi connectivity index (χ3v) is 7.02. The molecule has 0 aliphatic carbocycles. The van der Waals surface area contributed by atoms with Crippen LogP contribution in [0.25, 0.3) is 0 Å². The average Bonchev–Trinajstić information content (AvgIpc) is 2.91. The number of aliphatic imine (C=N–C) groups is 1. The third-order valence-electron chi connectivity index (χ3n) is 6.41. The predicted molar refractivity (Wildman–Crippen MR) is 153 cm³/mol. The van der Waals surface area contributed by atoms with E-state index in [1.165, 1.54) is 6.21 Å². The van der Waals surface area contributed by atoms with E-state index in [2.05, 4.69) is 46.5 Å². The normalized spacial score (nSPS) is 15.2. The first kappa shape index (κ1) is 30.7. The van der Waals surface area contributed by atoms with Crippen LogP contribution in [0.3, 0.4) is 0 Å². The highest BCUT2D eigenvalue weighted by Gasteiger charge is 2.33. The summed E-state index contributed by atoms with van der Waals surface area (Å²) >= 11 is 1.68. The van der Waals surface area contributed by atoms with Gasteiger partial charge in [-0.2, -0.15) is 17.0 Å². The number of fused-ring (bicyclic) bond motifs is 1. The summed E-state index contributed by atoms with van der Waals surface area (Å²) in [5, 5.41) is 15.5. The number of allylic oxidation sites excluding steroid dienone is 2. The highest BCUT2D eigenvalue weighted by atomic mass is 32.2. The molecular weight excluding hydrogens is 502 g/mol. The number of hydrogen-bond donors (Lipinski definition) is 2. The van der Waals surface area contributed by atoms with Crippen LogP contribution in [0.5, 0.6) is 0 Å². The van der Waals surface area contributed by atoms with Crippen LogP contribution in [-0.2, 0) is 21.4 Å². The number of carbonyl (C=O) groups is 3. The molecule has 0 spiro atoms. The molecule has 2 N–H and O–H groups in total. The number of anilines is 1. The molecular formula is C27H37N7O3S. The van der Waals surface area contributed by atoms with Crippen LogP contribution in [-0.4, -0.2) is 87.0 Å². The van der Waals surface area contributed by atoms with Gasteiger partial charge in [-0.3, -0.25) is 14.4 Å². The van der Waals surface area contributed by atoms with Gasteiger partial charge in [0.25, 0.3) is 0 Å². The molecule has 1 aliphatic rings. The lowest BCUT2D eigenvalue weighted by Crippen LogP contribution is -2.36. The summed E-state index contributed by atoms with van der Waals surface area (Å²) in [5.41, 5.74) is 3.03. The van der Waals surface area contributed by atoms with E-state index < -0.39 is 0 Å². The number of rotatable bonds is 16. The lowest BCUT2D eigenvalue weighted by molar-refractivity contribution is -0.109. The fourth-order valence-electron chi connectivity index (χ4n) is 4.06. The van der Waals surface area contributed by atoms with Crippen LogP contribution in [0.2, 0.25) is 0 Å². The summed E-state index contributed by atoms with van der Waals surface area (Å²) < 4.78 is 0. The lowest BCUT2D eigenvalue weighted by atomic mass is 9.78. The van der Waals surface area contributed by atoms with Gasteiger partial charge in [0.05, 0.1) is 17.5 Å². The first-order chi connectivity index (χ1) is 18.3. The van der Waals surface area contributed by atoms with E-state index in [0.717, 1.165) is 41.9 Å². The molecule has 2 heterocycles. The van der Waals surface area contributed by atoms with Gasteiger partial charge in [0.2, 0.25) is 12.8 Å². The van der Waals surface area contributed by atoms with E-state index in [4.69, 9.17) is 4.98 Å². The Morgan fingerprint density at radius 2 is 2.11 bits per heavy atom. The minimum Gasteiger partial charge on any atom is -0.383 e. The molecule has 0 bridgehead atoms. The van der Waals surface area contributed by atoms with Crippen molar-refractivity contribution in [1.29, 1.82) is 5.26 Å². The Labute approximate surface area is 229 Å². The van der Waals surface area contributed by atoms with Crippen molar-refractivity contribution in [3.8, 4) is 6.07 Å². The number of amides is 2. The molecule has 204 valence electrons. The zero-order chi connectivity index (χ0) is 28.0. The average molecular weight is 540 g/mol. The molecule has 1 aliphatic heterocycles. The maximum Gasteiger partial charge on any atom is 0.232 e. The van der Waals surface area contributed by atoms with E-state index in [9.17, 15) is 19.6 Å². The second-order valence-electron chi connectivity index (χ2n) is 9.53. The van der Waals surface area contributed by atoms with E-state index in [1.54, 1.807) is 17.8 Å². The molecule has 1 aromatic rings. The standard InChI is InChI=1S/C27H37N7O3S/c1-27(2)7-12-34(11-6-24(31-9-14-38-4)22(16-28)17-30-20-37)26-23(27)15-21(25(18-35)32-26)5-10-33(3)13-8-29-19-36/h6,11,15,17-20,31H,5,7-10,12-14H2,1-4H3,(H,29,36)/b11-6+,24-22+,30-17-. The van der Waals surface area contributed by atoms with Gasteiger partial charge in [-0.1, -0.05) is 13.8 Å². The summed E-state index contributed by atoms with van der Waals surface area (Å²) in [7, 11) is 1.98. The molecule has 10 nitrogen and oxygen atoms in total. The minimum absolute atomic E-state index is 0.133. The van der Waals surface area contributed by atoms with Gasteiger partial charge in [-0.15, -0.1) is 0 Å². The molecule has 2 rings (SSSR count). The Bertz CT molecular complexity index is 1110. The van der Waals surface area contributed by atoms with Gasteiger partial charge < -0.3 is 20.4 Å². The largest absolute Gasteiger partial charge is 0.383 e. The number of hydrogen-bond acceptors (Lipinski definition) is 9. The monoisotopic (exact) mass is 539 g/mol. The third kappa shape index (κ3) is 8.82. The van der Waals surface area contributed by atoms with Gasteiger partial charge in [0.15, 0.2) is 6.29 Å². The van der Waals surface area contributed by atoms with Gasteiger partial charge >= 0.3 is 0 Å². The van der Waals surface area contributed by atoms with Crippen molar-refractivity contribution in [2.45, 2.75) is 32.1 Å². The van der Waals surface area contributed by atoms with E-state index >= 15 is 0 Å². The minimum atomic E-state index is -0.133. The van der Waals surface area contributed by atoms with Gasteiger partial charge in [-0.25, -0.2) is 9.98 Å². The van der Waals surface area contributed by atoms with Gasteiger partial charge in [0.1, 0.15) is 17.6 Å². The van der Waals surface area contributed by atoms with Crippen molar-refractivity contribution >= 4 is 42.9 Å². The smallest absolute Gasteiger partial charge is 0.232 e. The number of nitriles is 1.